The summed E-state index contributed by atoms with van der Waals surface area (Å²) >= 11 is 0. The molecule has 1 aliphatic carbocycles. The molecule has 7 heteroatoms. The quantitative estimate of drug-likeness (QED) is 0.758. The molecule has 1 aromatic carbocycles. The van der Waals surface area contributed by atoms with Gasteiger partial charge in [0.05, 0.1) is 29.8 Å². The number of carbonyl (C=O) groups is 1. The smallest absolute Gasteiger partial charge is 0.423 e. The number of pyridine rings is 1. The van der Waals surface area contributed by atoms with Gasteiger partial charge in [-0.2, -0.15) is 0 Å². The number of rotatable bonds is 2. The van der Waals surface area contributed by atoms with E-state index in [1.165, 1.54) is 6.20 Å². The minimum atomic E-state index is -1.58. The van der Waals surface area contributed by atoms with Crippen LogP contribution < -0.4 is 5.46 Å². The van der Waals surface area contributed by atoms with Crippen molar-refractivity contribution in [3.05, 3.63) is 36.0 Å². The third-order valence-electron chi connectivity index (χ3n) is 4.61. The Morgan fingerprint density at radius 3 is 2.91 bits per heavy atom. The summed E-state index contributed by atoms with van der Waals surface area (Å²) in [5.74, 6) is -0.0519. The maximum Gasteiger partial charge on any atom is 0.490 e. The van der Waals surface area contributed by atoms with Crippen molar-refractivity contribution in [1.29, 1.82) is 0 Å². The van der Waals surface area contributed by atoms with Crippen LogP contribution in [0.25, 0.3) is 10.9 Å². The van der Waals surface area contributed by atoms with E-state index < -0.39 is 7.12 Å². The molecule has 1 saturated carbocycles. The maximum atomic E-state index is 12.7. The van der Waals surface area contributed by atoms with Crippen molar-refractivity contribution >= 4 is 29.4 Å². The number of benzene rings is 1. The summed E-state index contributed by atoms with van der Waals surface area (Å²) in [6, 6.07) is 6.90. The lowest BCUT2D eigenvalue weighted by atomic mass is 9.79. The highest BCUT2D eigenvalue weighted by molar-refractivity contribution is 6.61. The lowest BCUT2D eigenvalue weighted by Gasteiger charge is -2.33. The number of para-hydroxylation sites is 1. The Kier molecular flexibility index (Phi) is 3.37. The van der Waals surface area contributed by atoms with E-state index in [-0.39, 0.29) is 11.5 Å². The average molecular weight is 312 g/mol. The fourth-order valence-corrected chi connectivity index (χ4v) is 3.15. The summed E-state index contributed by atoms with van der Waals surface area (Å²) in [4.78, 5) is 18.8. The molecular weight excluding hydrogens is 295 g/mol. The average Bonchev–Trinajstić information content (AvgIpc) is 3.31. The number of aromatic nitrogens is 1. The molecule has 0 unspecified atom stereocenters. The molecule has 0 atom stereocenters. The third kappa shape index (κ3) is 2.61. The number of nitrogens with zero attached hydrogens (tertiary/aromatic N) is 2. The first-order valence-electron chi connectivity index (χ1n) is 7.76. The van der Waals surface area contributed by atoms with Gasteiger partial charge in [0.1, 0.15) is 0 Å². The SMILES string of the molecule is O=C(c1cnc2c(B(O)O)cccc2c1)N1CCOC2(CC2)C1. The molecule has 1 aromatic heterocycles. The van der Waals surface area contributed by atoms with Gasteiger partial charge in [-0.05, 0) is 18.9 Å². The van der Waals surface area contributed by atoms with Gasteiger partial charge >= 0.3 is 7.12 Å². The van der Waals surface area contributed by atoms with Gasteiger partial charge in [-0.25, -0.2) is 0 Å². The Bertz CT molecular complexity index is 776. The number of hydrogen-bond donors (Lipinski definition) is 2. The van der Waals surface area contributed by atoms with Crippen LogP contribution in [0.2, 0.25) is 0 Å². The van der Waals surface area contributed by atoms with Crippen molar-refractivity contribution in [1.82, 2.24) is 9.88 Å². The van der Waals surface area contributed by atoms with E-state index in [9.17, 15) is 14.8 Å². The van der Waals surface area contributed by atoms with Crippen LogP contribution in [-0.4, -0.2) is 58.3 Å². The first kappa shape index (κ1) is 14.6. The summed E-state index contributed by atoms with van der Waals surface area (Å²) in [5, 5.41) is 19.5. The largest absolute Gasteiger partial charge is 0.490 e. The zero-order chi connectivity index (χ0) is 16.0. The van der Waals surface area contributed by atoms with Crippen LogP contribution in [0.3, 0.4) is 0 Å². The Balaban J connectivity index is 1.65. The maximum absolute atomic E-state index is 12.7. The van der Waals surface area contributed by atoms with Gasteiger partial charge in [-0.15, -0.1) is 0 Å². The van der Waals surface area contributed by atoms with Crippen molar-refractivity contribution in [3.63, 3.8) is 0 Å². The van der Waals surface area contributed by atoms with Gasteiger partial charge < -0.3 is 19.7 Å². The van der Waals surface area contributed by atoms with Crippen LogP contribution >= 0.6 is 0 Å². The summed E-state index contributed by atoms with van der Waals surface area (Å²) < 4.78 is 5.74. The minimum Gasteiger partial charge on any atom is -0.423 e. The Hall–Kier alpha value is -1.96. The first-order valence-corrected chi connectivity index (χ1v) is 7.76. The third-order valence-corrected chi connectivity index (χ3v) is 4.61. The fraction of sp³-hybridized carbons (Fsp3) is 0.375. The number of hydrogen-bond acceptors (Lipinski definition) is 5. The zero-order valence-corrected chi connectivity index (χ0v) is 12.6. The molecule has 2 aliphatic rings. The van der Waals surface area contributed by atoms with E-state index in [2.05, 4.69) is 4.98 Å². The van der Waals surface area contributed by atoms with E-state index in [1.54, 1.807) is 18.2 Å². The molecule has 4 rings (SSSR count). The molecule has 0 bridgehead atoms. The molecule has 1 aliphatic heterocycles. The highest BCUT2D eigenvalue weighted by Crippen LogP contribution is 2.42. The molecule has 0 radical (unpaired) electrons. The summed E-state index contributed by atoms with van der Waals surface area (Å²) in [6.07, 6.45) is 3.54. The second kappa shape index (κ2) is 5.30. The molecule has 118 valence electrons. The van der Waals surface area contributed by atoms with Gasteiger partial charge in [-0.3, -0.25) is 9.78 Å². The second-order valence-corrected chi connectivity index (χ2v) is 6.27. The van der Waals surface area contributed by atoms with Crippen LogP contribution in [0.4, 0.5) is 0 Å². The predicted molar refractivity (Wildman–Crippen MR) is 85.4 cm³/mol. The Morgan fingerprint density at radius 1 is 1.35 bits per heavy atom. The number of carbonyl (C=O) groups excluding carboxylic acids is 1. The molecule has 2 fully saturated rings. The van der Waals surface area contributed by atoms with Crippen molar-refractivity contribution in [2.75, 3.05) is 19.7 Å². The molecular formula is C16H17BN2O4. The van der Waals surface area contributed by atoms with Gasteiger partial charge in [0.2, 0.25) is 0 Å². The lowest BCUT2D eigenvalue weighted by Crippen LogP contribution is -2.46. The monoisotopic (exact) mass is 312 g/mol. The zero-order valence-electron chi connectivity index (χ0n) is 12.6. The molecule has 6 nitrogen and oxygen atoms in total. The number of ether oxygens (including phenoxy) is 1. The van der Waals surface area contributed by atoms with Crippen LogP contribution in [0.15, 0.2) is 30.5 Å². The highest BCUT2D eigenvalue weighted by atomic mass is 16.5. The number of amides is 1. The summed E-state index contributed by atoms with van der Waals surface area (Å²) in [7, 11) is -1.58. The minimum absolute atomic E-state index is 0.0519. The van der Waals surface area contributed by atoms with Crippen molar-refractivity contribution in [2.24, 2.45) is 0 Å². The van der Waals surface area contributed by atoms with Gasteiger partial charge in [0, 0.05) is 23.6 Å². The van der Waals surface area contributed by atoms with Crippen molar-refractivity contribution in [2.45, 2.75) is 18.4 Å². The predicted octanol–water partition coefficient (Wildman–Crippen LogP) is -0.0804. The topological polar surface area (TPSA) is 82.9 Å². The van der Waals surface area contributed by atoms with Gasteiger partial charge in [-0.1, -0.05) is 18.2 Å². The van der Waals surface area contributed by atoms with Crippen LogP contribution in [0.1, 0.15) is 23.2 Å². The van der Waals surface area contributed by atoms with Gasteiger partial charge in [0.25, 0.3) is 5.91 Å². The Labute approximate surface area is 133 Å². The standard InChI is InChI=1S/C16H17BN2O4/c20-15(19-6-7-23-16(10-19)4-5-16)12-8-11-2-1-3-13(17(21)22)14(11)18-9-12/h1-3,8-9,21-22H,4-7,10H2. The molecule has 1 amide bonds. The molecule has 2 aromatic rings. The molecule has 1 saturated heterocycles. The van der Waals surface area contributed by atoms with E-state index in [1.807, 2.05) is 11.0 Å². The summed E-state index contributed by atoms with van der Waals surface area (Å²) in [6.45, 7) is 1.81. The van der Waals surface area contributed by atoms with Crippen molar-refractivity contribution < 1.29 is 19.6 Å². The van der Waals surface area contributed by atoms with Crippen LogP contribution in [0, 0.1) is 0 Å². The van der Waals surface area contributed by atoms with Crippen LogP contribution in [-0.2, 0) is 4.74 Å². The van der Waals surface area contributed by atoms with E-state index in [4.69, 9.17) is 4.74 Å². The normalized spacial score (nSPS) is 19.1. The number of fused-ring (bicyclic) bond motifs is 1. The van der Waals surface area contributed by atoms with Crippen molar-refractivity contribution in [3.8, 4) is 0 Å². The van der Waals surface area contributed by atoms with E-state index in [0.717, 1.165) is 18.2 Å². The molecule has 2 N–H and O–H groups in total. The van der Waals surface area contributed by atoms with E-state index in [0.29, 0.717) is 36.2 Å². The van der Waals surface area contributed by atoms with E-state index >= 15 is 0 Å². The number of morpholine rings is 1. The molecule has 1 spiro atoms. The summed E-state index contributed by atoms with van der Waals surface area (Å²) in [5.41, 5.74) is 1.25. The fourth-order valence-electron chi connectivity index (χ4n) is 3.15. The van der Waals surface area contributed by atoms with Crippen LogP contribution in [0.5, 0.6) is 0 Å². The Morgan fingerprint density at radius 2 is 2.17 bits per heavy atom. The van der Waals surface area contributed by atoms with Gasteiger partial charge in [0.15, 0.2) is 0 Å². The second-order valence-electron chi connectivity index (χ2n) is 6.27. The first-order chi connectivity index (χ1) is 11.1. The lowest BCUT2D eigenvalue weighted by molar-refractivity contribution is -0.0376. The highest BCUT2D eigenvalue weighted by Gasteiger charge is 2.48. The molecule has 23 heavy (non-hydrogen) atoms. The molecule has 2 heterocycles.